The Hall–Kier alpha value is -2.61. The molecule has 8 heteroatoms. The first-order valence-corrected chi connectivity index (χ1v) is 11.6. The van der Waals surface area contributed by atoms with Gasteiger partial charge < -0.3 is 9.32 Å². The Morgan fingerprint density at radius 2 is 1.87 bits per heavy atom. The van der Waals surface area contributed by atoms with Crippen molar-refractivity contribution in [2.45, 2.75) is 24.2 Å². The molecule has 31 heavy (non-hydrogen) atoms. The Bertz CT molecular complexity index is 1280. The summed E-state index contributed by atoms with van der Waals surface area (Å²) in [6, 6.07) is 14.7. The van der Waals surface area contributed by atoms with Crippen LogP contribution in [0.15, 0.2) is 76.6 Å². The van der Waals surface area contributed by atoms with E-state index in [4.69, 9.17) is 4.42 Å². The van der Waals surface area contributed by atoms with Crippen LogP contribution in [0.4, 0.5) is 0 Å². The van der Waals surface area contributed by atoms with E-state index in [9.17, 15) is 8.42 Å². The molecule has 6 nitrogen and oxygen atoms in total. The minimum absolute atomic E-state index is 0. The molecule has 0 radical (unpaired) electrons. The molecule has 2 aromatic carbocycles. The fourth-order valence-electron chi connectivity index (χ4n) is 4.14. The molecular weight excluding hydrogens is 434 g/mol. The molecule has 0 atom stereocenters. The molecule has 0 saturated carbocycles. The molecule has 0 N–H and O–H groups in total. The average Bonchev–Trinajstić information content (AvgIpc) is 3.40. The molecule has 1 fully saturated rings. The normalized spacial score (nSPS) is 15.0. The molecule has 4 aromatic rings. The third kappa shape index (κ3) is 3.89. The Labute approximate surface area is 188 Å². The smallest absolute Gasteiger partial charge is 0.268 e. The van der Waals surface area contributed by atoms with Gasteiger partial charge in [0.1, 0.15) is 0 Å². The third-order valence-corrected chi connectivity index (χ3v) is 7.48. The van der Waals surface area contributed by atoms with E-state index in [1.165, 1.54) is 22.4 Å². The summed E-state index contributed by atoms with van der Waals surface area (Å²) in [6.45, 7) is 5.50. The summed E-state index contributed by atoms with van der Waals surface area (Å²) in [5.74, 6) is 1.14. The number of hydrogen-bond donors (Lipinski definition) is 0. The van der Waals surface area contributed by atoms with E-state index in [-0.39, 0.29) is 17.3 Å². The van der Waals surface area contributed by atoms with Crippen LogP contribution >= 0.6 is 12.4 Å². The number of fused-ring (bicyclic) bond motifs is 1. The predicted molar refractivity (Wildman–Crippen MR) is 123 cm³/mol. The van der Waals surface area contributed by atoms with Crippen LogP contribution < -0.4 is 0 Å². The van der Waals surface area contributed by atoms with Gasteiger partial charge in [-0.1, -0.05) is 13.0 Å². The lowest BCUT2D eigenvalue weighted by Crippen LogP contribution is -2.45. The van der Waals surface area contributed by atoms with Crippen molar-refractivity contribution in [1.82, 2.24) is 13.9 Å². The largest absolute Gasteiger partial charge is 0.444 e. The highest BCUT2D eigenvalue weighted by molar-refractivity contribution is 7.90. The monoisotopic (exact) mass is 457 g/mol. The number of benzene rings is 2. The minimum atomic E-state index is -3.69. The van der Waals surface area contributed by atoms with Gasteiger partial charge in [-0.3, -0.25) is 0 Å². The van der Waals surface area contributed by atoms with Crippen molar-refractivity contribution in [3.05, 3.63) is 72.9 Å². The second-order valence-corrected chi connectivity index (χ2v) is 9.60. The molecule has 0 bridgehead atoms. The Morgan fingerprint density at radius 3 is 2.55 bits per heavy atom. The van der Waals surface area contributed by atoms with Gasteiger partial charge in [0.25, 0.3) is 10.0 Å². The second kappa shape index (κ2) is 8.49. The van der Waals surface area contributed by atoms with Gasteiger partial charge in [-0.15, -0.1) is 12.4 Å². The molecule has 0 amide bonds. The summed E-state index contributed by atoms with van der Waals surface area (Å²) >= 11 is 0. The summed E-state index contributed by atoms with van der Waals surface area (Å²) in [5, 5.41) is 0.947. The third-order valence-electron chi connectivity index (χ3n) is 5.77. The van der Waals surface area contributed by atoms with E-state index < -0.39 is 10.0 Å². The number of likely N-dealkylation sites (tertiary alicyclic amines) is 1. The van der Waals surface area contributed by atoms with Crippen molar-refractivity contribution in [1.29, 1.82) is 0 Å². The van der Waals surface area contributed by atoms with Crippen LogP contribution in [0.3, 0.4) is 0 Å². The van der Waals surface area contributed by atoms with Crippen LogP contribution in [-0.2, 0) is 10.0 Å². The summed E-state index contributed by atoms with van der Waals surface area (Å²) in [5.41, 5.74) is 2.76. The van der Waals surface area contributed by atoms with E-state index in [2.05, 4.69) is 28.9 Å². The van der Waals surface area contributed by atoms with E-state index in [1.54, 1.807) is 36.7 Å². The van der Waals surface area contributed by atoms with Gasteiger partial charge in [0.05, 0.1) is 16.6 Å². The first-order chi connectivity index (χ1) is 14.6. The molecule has 1 aliphatic heterocycles. The number of aromatic nitrogens is 2. The predicted octanol–water partition coefficient (Wildman–Crippen LogP) is 4.76. The van der Waals surface area contributed by atoms with E-state index in [0.717, 1.165) is 30.6 Å². The summed E-state index contributed by atoms with van der Waals surface area (Å²) in [7, 11) is -3.69. The molecule has 162 valence electrons. The van der Waals surface area contributed by atoms with E-state index >= 15 is 0 Å². The van der Waals surface area contributed by atoms with Crippen molar-refractivity contribution >= 4 is 33.3 Å². The van der Waals surface area contributed by atoms with Crippen molar-refractivity contribution in [3.63, 3.8) is 0 Å². The number of halogens is 1. The number of oxazole rings is 1. The lowest BCUT2D eigenvalue weighted by molar-refractivity contribution is 0.149. The maximum atomic E-state index is 13.2. The molecule has 0 spiro atoms. The van der Waals surface area contributed by atoms with Crippen LogP contribution in [0.5, 0.6) is 0 Å². The molecule has 1 saturated heterocycles. The fraction of sp³-hybridized carbons (Fsp3) is 0.261. The molecule has 3 heterocycles. The van der Waals surface area contributed by atoms with Crippen LogP contribution in [0.1, 0.15) is 24.8 Å². The zero-order chi connectivity index (χ0) is 20.7. The highest BCUT2D eigenvalue weighted by Gasteiger charge is 2.27. The first kappa shape index (κ1) is 21.6. The molecule has 2 aromatic heterocycles. The molecule has 0 aliphatic carbocycles. The maximum Gasteiger partial charge on any atom is 0.268 e. The quantitative estimate of drug-likeness (QED) is 0.417. The molecule has 5 rings (SSSR count). The Kier molecular flexibility index (Phi) is 5.92. The average molecular weight is 458 g/mol. The SMILES string of the molecule is CCCN1CC(c2ccc3c(ccn3S(=O)(=O)c3ccc(-c4cnco4)cc3)c2)C1.Cl. The Morgan fingerprint density at radius 1 is 1.10 bits per heavy atom. The van der Waals surface area contributed by atoms with Crippen molar-refractivity contribution in [2.75, 3.05) is 19.6 Å². The van der Waals surface area contributed by atoms with Crippen molar-refractivity contribution < 1.29 is 12.8 Å². The van der Waals surface area contributed by atoms with Crippen LogP contribution in [-0.4, -0.2) is 41.9 Å². The zero-order valence-electron chi connectivity index (χ0n) is 17.1. The number of hydrogen-bond acceptors (Lipinski definition) is 5. The summed E-state index contributed by atoms with van der Waals surface area (Å²) in [4.78, 5) is 6.58. The molecule has 0 unspecified atom stereocenters. The second-order valence-electron chi connectivity index (χ2n) is 7.78. The highest BCUT2D eigenvalue weighted by atomic mass is 35.5. The summed E-state index contributed by atoms with van der Waals surface area (Å²) in [6.07, 6.45) is 5.76. The minimum Gasteiger partial charge on any atom is -0.444 e. The molecular formula is C23H24ClN3O3S. The van der Waals surface area contributed by atoms with Gasteiger partial charge >= 0.3 is 0 Å². The van der Waals surface area contributed by atoms with Crippen LogP contribution in [0, 0.1) is 0 Å². The highest BCUT2D eigenvalue weighted by Crippen LogP contribution is 2.31. The topological polar surface area (TPSA) is 68.3 Å². The maximum absolute atomic E-state index is 13.2. The van der Waals surface area contributed by atoms with Gasteiger partial charge in [-0.25, -0.2) is 17.4 Å². The molecule has 1 aliphatic rings. The van der Waals surface area contributed by atoms with Gasteiger partial charge in [-0.05, 0) is 61.0 Å². The number of nitrogens with zero attached hydrogens (tertiary/aromatic N) is 3. The van der Waals surface area contributed by atoms with E-state index in [0.29, 0.717) is 17.2 Å². The standard InChI is InChI=1S/C23H23N3O3S.ClH/c1-2-10-25-14-20(15-25)18-5-8-22-19(12-18)9-11-26(22)30(27,28)21-6-3-17(4-7-21)23-13-24-16-29-23;/h3-9,11-13,16,20H,2,10,14-15H2,1H3;1H. The lowest BCUT2D eigenvalue weighted by Gasteiger charge is -2.39. The van der Waals surface area contributed by atoms with Gasteiger partial charge in [0.15, 0.2) is 12.2 Å². The van der Waals surface area contributed by atoms with Crippen molar-refractivity contribution in [3.8, 4) is 11.3 Å². The Balaban J connectivity index is 0.00000231. The van der Waals surface area contributed by atoms with Crippen LogP contribution in [0.2, 0.25) is 0 Å². The fourth-order valence-corrected chi connectivity index (χ4v) is 5.50. The van der Waals surface area contributed by atoms with E-state index in [1.807, 2.05) is 12.1 Å². The van der Waals surface area contributed by atoms with Crippen molar-refractivity contribution in [2.24, 2.45) is 0 Å². The first-order valence-electron chi connectivity index (χ1n) is 10.1. The number of rotatable bonds is 6. The summed E-state index contributed by atoms with van der Waals surface area (Å²) < 4.78 is 33.1. The van der Waals surface area contributed by atoms with Gasteiger partial charge in [0.2, 0.25) is 0 Å². The zero-order valence-corrected chi connectivity index (χ0v) is 18.8. The lowest BCUT2D eigenvalue weighted by atomic mass is 9.91. The van der Waals surface area contributed by atoms with Crippen LogP contribution in [0.25, 0.3) is 22.2 Å². The van der Waals surface area contributed by atoms with Gasteiger partial charge in [-0.2, -0.15) is 0 Å². The van der Waals surface area contributed by atoms with Gasteiger partial charge in [0, 0.05) is 36.2 Å².